The van der Waals surface area contributed by atoms with Gasteiger partial charge in [0.25, 0.3) is 0 Å². The van der Waals surface area contributed by atoms with Crippen LogP contribution in [-0.4, -0.2) is 37.3 Å². The van der Waals surface area contributed by atoms with E-state index in [2.05, 4.69) is 15.2 Å². The van der Waals surface area contributed by atoms with Gasteiger partial charge in [-0.25, -0.2) is 0 Å². The zero-order valence-corrected chi connectivity index (χ0v) is 18.2. The Morgan fingerprint density at radius 1 is 1.07 bits per heavy atom. The predicted molar refractivity (Wildman–Crippen MR) is 122 cm³/mol. The number of fused-ring (bicyclic) bond motifs is 1. The first kappa shape index (κ1) is 23.2. The summed E-state index contributed by atoms with van der Waals surface area (Å²) >= 11 is 0. The molecule has 0 bridgehead atoms. The van der Waals surface area contributed by atoms with Crippen molar-refractivity contribution in [2.75, 3.05) is 31.3 Å². The first-order valence-corrected chi connectivity index (χ1v) is 10.4. The van der Waals surface area contributed by atoms with E-state index in [9.17, 15) is 4.79 Å². The van der Waals surface area contributed by atoms with Gasteiger partial charge in [-0.05, 0) is 44.2 Å². The Balaban J connectivity index is 0.00000155. The third kappa shape index (κ3) is 6.46. The lowest BCUT2D eigenvalue weighted by molar-refractivity contribution is -0.125. The topological polar surface area (TPSA) is 63.7 Å². The number of pyridine rings is 1. The Morgan fingerprint density at radius 2 is 1.87 bits per heavy atom. The molecule has 30 heavy (non-hydrogen) atoms. The Morgan fingerprint density at radius 3 is 2.63 bits per heavy atom. The summed E-state index contributed by atoms with van der Waals surface area (Å²) in [5, 5.41) is 3.84. The number of carbonyl (C=O) groups is 1. The number of aromatic nitrogens is 1. The fourth-order valence-electron chi connectivity index (χ4n) is 2.84. The molecule has 2 aromatic carbocycles. The normalized spacial score (nSPS) is 10.1. The van der Waals surface area contributed by atoms with Crippen LogP contribution in [0.1, 0.15) is 27.7 Å². The van der Waals surface area contributed by atoms with E-state index < -0.39 is 0 Å². The second-order valence-electron chi connectivity index (χ2n) is 6.18. The molecular formula is C24H31N3O3. The van der Waals surface area contributed by atoms with Gasteiger partial charge in [0.2, 0.25) is 5.91 Å². The van der Waals surface area contributed by atoms with Crippen LogP contribution in [-0.2, 0) is 9.53 Å². The van der Waals surface area contributed by atoms with Crippen molar-refractivity contribution < 1.29 is 14.3 Å². The molecule has 1 heterocycles. The minimum Gasteiger partial charge on any atom is -0.457 e. The molecule has 0 saturated carbocycles. The average Bonchev–Trinajstić information content (AvgIpc) is 2.80. The third-order valence-corrected chi connectivity index (χ3v) is 4.31. The molecule has 6 heteroatoms. The third-order valence-electron chi connectivity index (χ3n) is 4.31. The zero-order valence-electron chi connectivity index (χ0n) is 18.2. The maximum absolute atomic E-state index is 11.8. The highest BCUT2D eigenvalue weighted by Crippen LogP contribution is 2.30. The summed E-state index contributed by atoms with van der Waals surface area (Å²) in [5.74, 6) is 1.36. The molecule has 160 valence electrons. The summed E-state index contributed by atoms with van der Waals surface area (Å²) in [4.78, 5) is 18.2. The Hall–Kier alpha value is -3.12. The van der Waals surface area contributed by atoms with E-state index in [4.69, 9.17) is 9.47 Å². The van der Waals surface area contributed by atoms with Crippen molar-refractivity contribution in [2.45, 2.75) is 27.7 Å². The smallest absolute Gasteiger partial charge is 0.247 e. The molecule has 0 unspecified atom stereocenters. The van der Waals surface area contributed by atoms with Gasteiger partial charge in [-0.1, -0.05) is 32.0 Å². The first-order valence-electron chi connectivity index (χ1n) is 10.4. The molecule has 0 radical (unpaired) electrons. The molecule has 0 saturated heterocycles. The summed E-state index contributed by atoms with van der Waals surface area (Å²) in [6.07, 6.45) is 1.74. The SMILES string of the molecule is CC.CCOCC(=O)NCN(CC)c1cccc(Oc2ccnc3ccccc23)c1. The second-order valence-corrected chi connectivity index (χ2v) is 6.18. The number of hydrogen-bond donors (Lipinski definition) is 1. The molecule has 0 atom stereocenters. The van der Waals surface area contributed by atoms with Crippen molar-refractivity contribution in [1.29, 1.82) is 0 Å². The van der Waals surface area contributed by atoms with Gasteiger partial charge in [-0.15, -0.1) is 0 Å². The number of nitrogens with zero attached hydrogens (tertiary/aromatic N) is 2. The fourth-order valence-corrected chi connectivity index (χ4v) is 2.84. The van der Waals surface area contributed by atoms with Crippen molar-refractivity contribution in [3.8, 4) is 11.5 Å². The van der Waals surface area contributed by atoms with Gasteiger partial charge in [0, 0.05) is 36.5 Å². The van der Waals surface area contributed by atoms with E-state index in [-0.39, 0.29) is 12.5 Å². The van der Waals surface area contributed by atoms with E-state index in [1.165, 1.54) is 0 Å². The quantitative estimate of drug-likeness (QED) is 0.505. The summed E-state index contributed by atoms with van der Waals surface area (Å²) in [6, 6.07) is 17.6. The van der Waals surface area contributed by atoms with Crippen LogP contribution in [0, 0.1) is 0 Å². The highest BCUT2D eigenvalue weighted by Gasteiger charge is 2.09. The molecule has 6 nitrogen and oxygen atoms in total. The van der Waals surface area contributed by atoms with Gasteiger partial charge in [0.15, 0.2) is 0 Å². The van der Waals surface area contributed by atoms with Crippen LogP contribution in [0.4, 0.5) is 5.69 Å². The number of hydrogen-bond acceptors (Lipinski definition) is 5. The van der Waals surface area contributed by atoms with E-state index in [1.807, 2.05) is 82.3 Å². The van der Waals surface area contributed by atoms with Crippen molar-refractivity contribution in [1.82, 2.24) is 10.3 Å². The number of amides is 1. The van der Waals surface area contributed by atoms with Gasteiger partial charge in [0.1, 0.15) is 18.1 Å². The Labute approximate surface area is 178 Å². The monoisotopic (exact) mass is 409 g/mol. The highest BCUT2D eigenvalue weighted by molar-refractivity contribution is 5.85. The van der Waals surface area contributed by atoms with Crippen molar-refractivity contribution in [3.63, 3.8) is 0 Å². The number of carbonyl (C=O) groups excluding carboxylic acids is 1. The van der Waals surface area contributed by atoms with Crippen LogP contribution in [0.2, 0.25) is 0 Å². The summed E-state index contributed by atoms with van der Waals surface area (Å²) < 4.78 is 11.3. The predicted octanol–water partition coefficient (Wildman–Crippen LogP) is 4.99. The van der Waals surface area contributed by atoms with Crippen LogP contribution in [0.15, 0.2) is 60.8 Å². The van der Waals surface area contributed by atoms with Gasteiger partial charge in [-0.2, -0.15) is 0 Å². The second kappa shape index (κ2) is 12.4. The van der Waals surface area contributed by atoms with Gasteiger partial charge in [-0.3, -0.25) is 9.78 Å². The maximum atomic E-state index is 11.8. The fraction of sp³-hybridized carbons (Fsp3) is 0.333. The Bertz CT molecular complexity index is 925. The van der Waals surface area contributed by atoms with E-state index in [1.54, 1.807) is 6.20 Å². The molecule has 0 aliphatic rings. The lowest BCUT2D eigenvalue weighted by atomic mass is 10.2. The van der Waals surface area contributed by atoms with E-state index >= 15 is 0 Å². The van der Waals surface area contributed by atoms with Crippen molar-refractivity contribution in [3.05, 3.63) is 60.8 Å². The number of nitrogens with one attached hydrogen (secondary N) is 1. The molecule has 0 aliphatic heterocycles. The minimum atomic E-state index is -0.129. The van der Waals surface area contributed by atoms with Crippen LogP contribution in [0.3, 0.4) is 0 Å². The van der Waals surface area contributed by atoms with Gasteiger partial charge in [0.05, 0.1) is 12.2 Å². The average molecular weight is 410 g/mol. The first-order chi connectivity index (χ1) is 14.7. The van der Waals surface area contributed by atoms with E-state index in [0.29, 0.717) is 13.3 Å². The van der Waals surface area contributed by atoms with Crippen LogP contribution in [0.5, 0.6) is 11.5 Å². The number of ether oxygens (including phenoxy) is 2. The molecular weight excluding hydrogens is 378 g/mol. The summed E-state index contributed by atoms with van der Waals surface area (Å²) in [7, 11) is 0. The van der Waals surface area contributed by atoms with Crippen molar-refractivity contribution in [2.24, 2.45) is 0 Å². The largest absolute Gasteiger partial charge is 0.457 e. The lowest BCUT2D eigenvalue weighted by Gasteiger charge is -2.24. The molecule has 0 aliphatic carbocycles. The van der Waals surface area contributed by atoms with Gasteiger partial charge < -0.3 is 19.7 Å². The minimum absolute atomic E-state index is 0.0757. The summed E-state index contributed by atoms with van der Waals surface area (Å²) in [5.41, 5.74) is 1.86. The highest BCUT2D eigenvalue weighted by atomic mass is 16.5. The van der Waals surface area contributed by atoms with Gasteiger partial charge >= 0.3 is 0 Å². The molecule has 3 aromatic rings. The number of benzene rings is 2. The van der Waals surface area contributed by atoms with Crippen LogP contribution >= 0.6 is 0 Å². The molecule has 1 amide bonds. The molecule has 1 aromatic heterocycles. The zero-order chi connectivity index (χ0) is 21.8. The molecule has 1 N–H and O–H groups in total. The van der Waals surface area contributed by atoms with E-state index in [0.717, 1.165) is 34.6 Å². The number of para-hydroxylation sites is 1. The maximum Gasteiger partial charge on any atom is 0.247 e. The molecule has 0 spiro atoms. The molecule has 3 rings (SSSR count). The van der Waals surface area contributed by atoms with Crippen LogP contribution < -0.4 is 15.0 Å². The molecule has 0 fully saturated rings. The number of anilines is 1. The van der Waals surface area contributed by atoms with Crippen LogP contribution in [0.25, 0.3) is 10.9 Å². The lowest BCUT2D eigenvalue weighted by Crippen LogP contribution is -2.39. The standard InChI is InChI=1S/C22H25N3O3.C2H6/c1-3-25(16-24-22(26)15-27-4-2)17-8-7-9-18(14-17)28-21-12-13-23-20-11-6-5-10-19(20)21;1-2/h5-14H,3-4,15-16H2,1-2H3,(H,24,26);1-2H3. The summed E-state index contributed by atoms with van der Waals surface area (Å²) in [6.45, 7) is 9.66. The Kier molecular flexibility index (Phi) is 9.61. The number of rotatable bonds is 9. The van der Waals surface area contributed by atoms with Crippen molar-refractivity contribution >= 4 is 22.5 Å².